The highest BCUT2D eigenvalue weighted by Crippen LogP contribution is 2.37. The van der Waals surface area contributed by atoms with E-state index in [1.807, 2.05) is 13.8 Å². The summed E-state index contributed by atoms with van der Waals surface area (Å²) in [5.74, 6) is -0.0730. The zero-order valence-electron chi connectivity index (χ0n) is 9.60. The van der Waals surface area contributed by atoms with Gasteiger partial charge in [0.05, 0.1) is 0 Å². The predicted octanol–water partition coefficient (Wildman–Crippen LogP) is 3.10. The molecule has 1 aromatic carbocycles. The smallest absolute Gasteiger partial charge is 0.203 e. The number of rotatable bonds is 3. The predicted molar refractivity (Wildman–Crippen MR) is 69.2 cm³/mol. The number of halogens is 1. The summed E-state index contributed by atoms with van der Waals surface area (Å²) in [5.41, 5.74) is 1.20. The molecule has 92 valence electrons. The van der Waals surface area contributed by atoms with Crippen LogP contribution in [0.4, 0.5) is 4.39 Å². The monoisotopic (exact) mass is 272 g/mol. The summed E-state index contributed by atoms with van der Waals surface area (Å²) in [7, 11) is -3.58. The van der Waals surface area contributed by atoms with Gasteiger partial charge in [-0.05, 0) is 16.9 Å². The summed E-state index contributed by atoms with van der Waals surface area (Å²) in [6.07, 6.45) is 0. The van der Waals surface area contributed by atoms with Crippen molar-refractivity contribution in [3.8, 4) is 0 Å². The fourth-order valence-corrected chi connectivity index (χ4v) is 4.13. The van der Waals surface area contributed by atoms with Gasteiger partial charge in [0, 0.05) is 16.7 Å². The third-order valence-corrected chi connectivity index (χ3v) is 5.19. The Morgan fingerprint density at radius 3 is 2.71 bits per heavy atom. The van der Waals surface area contributed by atoms with E-state index in [1.165, 1.54) is 11.5 Å². The number of fused-ring (bicyclic) bond motifs is 1. The van der Waals surface area contributed by atoms with Crippen molar-refractivity contribution in [1.82, 2.24) is 0 Å². The quantitative estimate of drug-likeness (QED) is 0.848. The van der Waals surface area contributed by atoms with Crippen molar-refractivity contribution >= 4 is 27.2 Å². The van der Waals surface area contributed by atoms with Crippen molar-refractivity contribution in [3.63, 3.8) is 0 Å². The first-order valence-corrected chi connectivity index (χ1v) is 7.87. The van der Waals surface area contributed by atoms with Gasteiger partial charge in [0.2, 0.25) is 9.84 Å². The molecule has 0 saturated carbocycles. The Labute approximate surface area is 105 Å². The first kappa shape index (κ1) is 12.6. The molecule has 0 unspecified atom stereocenters. The van der Waals surface area contributed by atoms with Gasteiger partial charge in [-0.2, -0.15) is 11.8 Å². The first-order valence-electron chi connectivity index (χ1n) is 5.28. The minimum atomic E-state index is -3.58. The molecule has 0 spiro atoms. The van der Waals surface area contributed by atoms with E-state index in [0.29, 0.717) is 22.1 Å². The van der Waals surface area contributed by atoms with Gasteiger partial charge in [0.1, 0.15) is 10.7 Å². The molecule has 0 amide bonds. The number of hydrogen-bond donors (Lipinski definition) is 0. The van der Waals surface area contributed by atoms with Gasteiger partial charge in [-0.1, -0.05) is 26.0 Å². The Kier molecular flexibility index (Phi) is 3.32. The lowest BCUT2D eigenvalue weighted by Crippen LogP contribution is -1.97. The molecule has 0 aliphatic carbocycles. The summed E-state index contributed by atoms with van der Waals surface area (Å²) >= 11 is 1.64. The van der Waals surface area contributed by atoms with Gasteiger partial charge in [-0.15, -0.1) is 0 Å². The molecule has 0 bridgehead atoms. The normalized spacial score (nSPS) is 17.1. The second-order valence-electron chi connectivity index (χ2n) is 4.16. The average Bonchev–Trinajstić information content (AvgIpc) is 2.49. The maximum absolute atomic E-state index is 13.5. The maximum Gasteiger partial charge on any atom is 0.203 e. The molecular formula is C12H13FO2S2. The largest absolute Gasteiger partial charge is 0.219 e. The van der Waals surface area contributed by atoms with E-state index in [1.54, 1.807) is 23.9 Å². The molecule has 1 aromatic rings. The van der Waals surface area contributed by atoms with Crippen molar-refractivity contribution in [3.05, 3.63) is 35.0 Å². The Morgan fingerprint density at radius 1 is 1.35 bits per heavy atom. The maximum atomic E-state index is 13.5. The molecule has 1 aliphatic heterocycles. The van der Waals surface area contributed by atoms with Gasteiger partial charge in [0.15, 0.2) is 0 Å². The second kappa shape index (κ2) is 4.46. The molecular weight excluding hydrogens is 259 g/mol. The molecule has 2 rings (SSSR count). The molecule has 1 aliphatic rings. The van der Waals surface area contributed by atoms with Crippen molar-refractivity contribution in [2.45, 2.75) is 24.0 Å². The second-order valence-corrected chi connectivity index (χ2v) is 7.46. The molecule has 1 heterocycles. The first-order chi connectivity index (χ1) is 7.92. The zero-order chi connectivity index (χ0) is 12.6. The summed E-state index contributed by atoms with van der Waals surface area (Å²) in [6.45, 7) is 4.09. The summed E-state index contributed by atoms with van der Waals surface area (Å²) in [4.78, 5) is -0.167. The van der Waals surface area contributed by atoms with Crippen molar-refractivity contribution < 1.29 is 12.8 Å². The van der Waals surface area contributed by atoms with Crippen molar-refractivity contribution in [2.75, 3.05) is 5.75 Å². The molecule has 0 radical (unpaired) electrons. The van der Waals surface area contributed by atoms with Crippen LogP contribution in [-0.2, 0) is 9.84 Å². The lowest BCUT2D eigenvalue weighted by atomic mass is 10.1. The lowest BCUT2D eigenvalue weighted by molar-refractivity contribution is 0.573. The molecule has 0 atom stereocenters. The highest BCUT2D eigenvalue weighted by Gasteiger charge is 2.29. The number of benzene rings is 1. The SMILES string of the molecule is CC(C)SCC1=CS(=O)(=O)c2c(F)cccc21. The molecule has 0 saturated heterocycles. The minimum absolute atomic E-state index is 0.167. The zero-order valence-corrected chi connectivity index (χ0v) is 11.2. The fraction of sp³-hybridized carbons (Fsp3) is 0.333. The van der Waals surface area contributed by atoms with E-state index in [9.17, 15) is 12.8 Å². The Morgan fingerprint density at radius 2 is 2.06 bits per heavy atom. The number of hydrogen-bond acceptors (Lipinski definition) is 3. The van der Waals surface area contributed by atoms with Crippen LogP contribution in [0.3, 0.4) is 0 Å². The summed E-state index contributed by atoms with van der Waals surface area (Å²) in [5, 5.41) is 1.60. The average molecular weight is 272 g/mol. The van der Waals surface area contributed by atoms with E-state index in [-0.39, 0.29) is 4.90 Å². The van der Waals surface area contributed by atoms with Crippen LogP contribution in [0.25, 0.3) is 5.57 Å². The third-order valence-electron chi connectivity index (χ3n) is 2.47. The van der Waals surface area contributed by atoms with Crippen LogP contribution in [0, 0.1) is 5.82 Å². The fourth-order valence-electron chi connectivity index (χ4n) is 1.73. The van der Waals surface area contributed by atoms with Gasteiger partial charge in [-0.25, -0.2) is 12.8 Å². The molecule has 17 heavy (non-hydrogen) atoms. The Balaban J connectivity index is 2.44. The molecule has 0 fully saturated rings. The van der Waals surface area contributed by atoms with E-state index < -0.39 is 15.7 Å². The number of thioether (sulfide) groups is 1. The van der Waals surface area contributed by atoms with Crippen LogP contribution in [0.1, 0.15) is 19.4 Å². The highest BCUT2D eigenvalue weighted by atomic mass is 32.2. The standard InChI is InChI=1S/C12H13FO2S2/c1-8(2)16-6-9-7-17(14,15)12-10(9)4-3-5-11(12)13/h3-5,7-8H,6H2,1-2H3. The third kappa shape index (κ3) is 2.40. The molecule has 0 aromatic heterocycles. The topological polar surface area (TPSA) is 34.1 Å². The summed E-state index contributed by atoms with van der Waals surface area (Å²) in [6, 6.07) is 4.39. The van der Waals surface area contributed by atoms with Crippen LogP contribution in [0.15, 0.2) is 28.5 Å². The minimum Gasteiger partial charge on any atom is -0.219 e. The highest BCUT2D eigenvalue weighted by molar-refractivity contribution is 8.00. The van der Waals surface area contributed by atoms with Crippen LogP contribution in [0.2, 0.25) is 0 Å². The Bertz CT molecular complexity index is 574. The van der Waals surface area contributed by atoms with E-state index >= 15 is 0 Å². The van der Waals surface area contributed by atoms with Crippen LogP contribution in [-0.4, -0.2) is 19.4 Å². The molecule has 2 nitrogen and oxygen atoms in total. The van der Waals surface area contributed by atoms with E-state index in [0.717, 1.165) is 0 Å². The van der Waals surface area contributed by atoms with E-state index in [4.69, 9.17) is 0 Å². The van der Waals surface area contributed by atoms with Crippen LogP contribution >= 0.6 is 11.8 Å². The molecule has 0 N–H and O–H groups in total. The van der Waals surface area contributed by atoms with Crippen molar-refractivity contribution in [2.24, 2.45) is 0 Å². The van der Waals surface area contributed by atoms with Gasteiger partial charge >= 0.3 is 0 Å². The lowest BCUT2D eigenvalue weighted by Gasteiger charge is -2.06. The van der Waals surface area contributed by atoms with Gasteiger partial charge in [-0.3, -0.25) is 0 Å². The number of sulfone groups is 1. The Hall–Kier alpha value is -0.810. The van der Waals surface area contributed by atoms with E-state index in [2.05, 4.69) is 0 Å². The van der Waals surface area contributed by atoms with Crippen LogP contribution in [0.5, 0.6) is 0 Å². The van der Waals surface area contributed by atoms with Gasteiger partial charge < -0.3 is 0 Å². The summed E-state index contributed by atoms with van der Waals surface area (Å²) < 4.78 is 37.1. The van der Waals surface area contributed by atoms with Gasteiger partial charge in [0.25, 0.3) is 0 Å². The van der Waals surface area contributed by atoms with Crippen molar-refractivity contribution in [1.29, 1.82) is 0 Å². The molecule has 5 heteroatoms. The van der Waals surface area contributed by atoms with Crippen LogP contribution < -0.4 is 0 Å².